The second kappa shape index (κ2) is 5.80. The van der Waals surface area contributed by atoms with E-state index < -0.39 is 21.8 Å². The van der Waals surface area contributed by atoms with Crippen molar-refractivity contribution in [2.24, 2.45) is 0 Å². The van der Waals surface area contributed by atoms with Crippen LogP contribution in [0, 0.1) is 0 Å². The number of carboxylic acid groups (broad SMARTS) is 1. The summed E-state index contributed by atoms with van der Waals surface area (Å²) in [5, 5.41) is 9.25. The number of ether oxygens (including phenoxy) is 1. The van der Waals surface area contributed by atoms with Crippen molar-refractivity contribution in [3.63, 3.8) is 0 Å². The number of rotatable bonds is 4. The number of sulfone groups is 1. The van der Waals surface area contributed by atoms with Crippen LogP contribution < -0.4 is 4.90 Å². The molecule has 0 saturated carbocycles. The largest absolute Gasteiger partial charge is 0.480 e. The van der Waals surface area contributed by atoms with Gasteiger partial charge in [-0.25, -0.2) is 13.2 Å². The SMILES string of the molecule is CCS(=O)(=O)c1ccccc1N1CCOCC1C(=O)O. The van der Waals surface area contributed by atoms with Gasteiger partial charge in [-0.1, -0.05) is 19.1 Å². The van der Waals surface area contributed by atoms with Crippen LogP contribution in [0.3, 0.4) is 0 Å². The summed E-state index contributed by atoms with van der Waals surface area (Å²) in [6.45, 7) is 2.35. The standard InChI is InChI=1S/C13H17NO5S/c1-2-20(17,18)12-6-4-3-5-10(12)14-7-8-19-9-11(14)13(15)16/h3-6,11H,2,7-9H2,1H3,(H,15,16). The highest BCUT2D eigenvalue weighted by Gasteiger charge is 2.32. The van der Waals surface area contributed by atoms with Crippen LogP contribution in [0.1, 0.15) is 6.92 Å². The second-order valence-corrected chi connectivity index (χ2v) is 6.74. The molecule has 0 aliphatic carbocycles. The molecule has 1 atom stereocenters. The molecule has 6 nitrogen and oxygen atoms in total. The summed E-state index contributed by atoms with van der Waals surface area (Å²) >= 11 is 0. The zero-order valence-corrected chi connectivity index (χ0v) is 12.0. The Morgan fingerprint density at radius 2 is 2.15 bits per heavy atom. The number of carboxylic acids is 1. The minimum Gasteiger partial charge on any atom is -0.480 e. The zero-order chi connectivity index (χ0) is 14.8. The van der Waals surface area contributed by atoms with Gasteiger partial charge in [0.05, 0.1) is 29.5 Å². The van der Waals surface area contributed by atoms with Crippen molar-refractivity contribution < 1.29 is 23.1 Å². The Balaban J connectivity index is 2.49. The summed E-state index contributed by atoms with van der Waals surface area (Å²) in [4.78, 5) is 13.1. The number of carbonyl (C=O) groups is 1. The van der Waals surface area contributed by atoms with E-state index in [9.17, 15) is 18.3 Å². The molecule has 1 N–H and O–H groups in total. The Hall–Kier alpha value is -1.60. The van der Waals surface area contributed by atoms with Crippen LogP contribution >= 0.6 is 0 Å². The third-order valence-electron chi connectivity index (χ3n) is 3.30. The van der Waals surface area contributed by atoms with E-state index in [2.05, 4.69) is 0 Å². The number of para-hydroxylation sites is 1. The summed E-state index contributed by atoms with van der Waals surface area (Å²) in [7, 11) is -3.40. The lowest BCUT2D eigenvalue weighted by Gasteiger charge is -2.35. The summed E-state index contributed by atoms with van der Waals surface area (Å²) in [5.41, 5.74) is 0.435. The lowest BCUT2D eigenvalue weighted by Crippen LogP contribution is -2.50. The predicted molar refractivity (Wildman–Crippen MR) is 73.8 cm³/mol. The molecule has 0 amide bonds. The van der Waals surface area contributed by atoms with Crippen LogP contribution in [0.2, 0.25) is 0 Å². The number of nitrogens with zero attached hydrogens (tertiary/aromatic N) is 1. The first kappa shape index (κ1) is 14.8. The summed E-state index contributed by atoms with van der Waals surface area (Å²) < 4.78 is 29.4. The van der Waals surface area contributed by atoms with Crippen molar-refractivity contribution in [3.05, 3.63) is 24.3 Å². The van der Waals surface area contributed by atoms with E-state index in [1.165, 1.54) is 6.07 Å². The van der Waals surface area contributed by atoms with Gasteiger partial charge >= 0.3 is 5.97 Å². The molecule has 1 aliphatic heterocycles. The van der Waals surface area contributed by atoms with E-state index in [1.54, 1.807) is 30.0 Å². The summed E-state index contributed by atoms with van der Waals surface area (Å²) in [6, 6.07) is 5.64. The number of hydrogen-bond donors (Lipinski definition) is 1. The molecule has 0 radical (unpaired) electrons. The Bertz CT molecular complexity index is 599. The molecule has 20 heavy (non-hydrogen) atoms. The van der Waals surface area contributed by atoms with Gasteiger partial charge in [0.2, 0.25) is 0 Å². The second-order valence-electron chi connectivity index (χ2n) is 4.49. The van der Waals surface area contributed by atoms with Crippen LogP contribution in [0.4, 0.5) is 5.69 Å². The van der Waals surface area contributed by atoms with Gasteiger partial charge in [0, 0.05) is 6.54 Å². The van der Waals surface area contributed by atoms with Crippen molar-refractivity contribution >= 4 is 21.5 Å². The van der Waals surface area contributed by atoms with Crippen molar-refractivity contribution in [1.29, 1.82) is 0 Å². The van der Waals surface area contributed by atoms with Crippen molar-refractivity contribution in [2.45, 2.75) is 17.9 Å². The first-order chi connectivity index (χ1) is 9.47. The van der Waals surface area contributed by atoms with E-state index in [0.717, 1.165) is 0 Å². The summed E-state index contributed by atoms with van der Waals surface area (Å²) in [6.07, 6.45) is 0. The third kappa shape index (κ3) is 2.78. The smallest absolute Gasteiger partial charge is 0.328 e. The molecular formula is C13H17NO5S. The monoisotopic (exact) mass is 299 g/mol. The van der Waals surface area contributed by atoms with Gasteiger partial charge in [0.1, 0.15) is 0 Å². The fourth-order valence-electron chi connectivity index (χ4n) is 2.21. The molecule has 0 aromatic heterocycles. The van der Waals surface area contributed by atoms with E-state index >= 15 is 0 Å². The lowest BCUT2D eigenvalue weighted by molar-refractivity contribution is -0.141. The van der Waals surface area contributed by atoms with Crippen molar-refractivity contribution in [2.75, 3.05) is 30.4 Å². The van der Waals surface area contributed by atoms with E-state index in [1.807, 2.05) is 0 Å². The number of benzene rings is 1. The number of morpholine rings is 1. The van der Waals surface area contributed by atoms with E-state index in [0.29, 0.717) is 18.8 Å². The predicted octanol–water partition coefficient (Wildman–Crippen LogP) is 0.770. The fourth-order valence-corrected chi connectivity index (χ4v) is 3.31. The first-order valence-electron chi connectivity index (χ1n) is 6.36. The number of aliphatic carboxylic acids is 1. The van der Waals surface area contributed by atoms with Crippen LogP contribution in [-0.2, 0) is 19.4 Å². The van der Waals surface area contributed by atoms with Gasteiger partial charge in [-0.2, -0.15) is 0 Å². The molecule has 1 fully saturated rings. The Labute approximate surface area is 117 Å². The highest BCUT2D eigenvalue weighted by atomic mass is 32.2. The maximum Gasteiger partial charge on any atom is 0.328 e. The van der Waals surface area contributed by atoms with Crippen molar-refractivity contribution in [1.82, 2.24) is 0 Å². The van der Waals surface area contributed by atoms with Crippen LogP contribution in [0.5, 0.6) is 0 Å². The summed E-state index contributed by atoms with van der Waals surface area (Å²) in [5.74, 6) is -1.04. The molecule has 0 bridgehead atoms. The third-order valence-corrected chi connectivity index (χ3v) is 5.08. The quantitative estimate of drug-likeness (QED) is 0.884. The zero-order valence-electron chi connectivity index (χ0n) is 11.2. The van der Waals surface area contributed by atoms with Crippen LogP contribution in [-0.4, -0.2) is 51.0 Å². The minimum absolute atomic E-state index is 0.0217. The van der Waals surface area contributed by atoms with E-state index in [-0.39, 0.29) is 17.3 Å². The fraction of sp³-hybridized carbons (Fsp3) is 0.462. The average molecular weight is 299 g/mol. The molecule has 1 saturated heterocycles. The Morgan fingerprint density at radius 3 is 2.80 bits per heavy atom. The van der Waals surface area contributed by atoms with Gasteiger partial charge in [0.25, 0.3) is 0 Å². The number of anilines is 1. The van der Waals surface area contributed by atoms with Gasteiger partial charge in [0.15, 0.2) is 15.9 Å². The molecule has 1 aromatic carbocycles. The first-order valence-corrected chi connectivity index (χ1v) is 8.01. The molecular weight excluding hydrogens is 282 g/mol. The maximum absolute atomic E-state index is 12.1. The Kier molecular flexibility index (Phi) is 4.29. The van der Waals surface area contributed by atoms with Gasteiger partial charge in [-0.15, -0.1) is 0 Å². The van der Waals surface area contributed by atoms with Gasteiger partial charge < -0.3 is 14.7 Å². The molecule has 110 valence electrons. The van der Waals surface area contributed by atoms with Crippen molar-refractivity contribution in [3.8, 4) is 0 Å². The molecule has 2 rings (SSSR count). The molecule has 0 spiro atoms. The topological polar surface area (TPSA) is 83.9 Å². The molecule has 1 aromatic rings. The van der Waals surface area contributed by atoms with E-state index in [4.69, 9.17) is 4.74 Å². The molecule has 1 aliphatic rings. The van der Waals surface area contributed by atoms with Crippen LogP contribution in [0.15, 0.2) is 29.2 Å². The molecule has 1 heterocycles. The number of hydrogen-bond acceptors (Lipinski definition) is 5. The molecule has 1 unspecified atom stereocenters. The minimum atomic E-state index is -3.40. The average Bonchev–Trinajstić information content (AvgIpc) is 2.47. The molecule has 7 heteroatoms. The normalized spacial score (nSPS) is 19.9. The van der Waals surface area contributed by atoms with Gasteiger partial charge in [-0.05, 0) is 12.1 Å². The highest BCUT2D eigenvalue weighted by molar-refractivity contribution is 7.91. The van der Waals surface area contributed by atoms with Gasteiger partial charge in [-0.3, -0.25) is 0 Å². The lowest BCUT2D eigenvalue weighted by atomic mass is 10.2. The highest BCUT2D eigenvalue weighted by Crippen LogP contribution is 2.28. The maximum atomic E-state index is 12.1. The van der Waals surface area contributed by atoms with Crippen LogP contribution in [0.25, 0.3) is 0 Å². The Morgan fingerprint density at radius 1 is 1.45 bits per heavy atom.